The molecule has 146 valence electrons. The van der Waals surface area contributed by atoms with Crippen molar-refractivity contribution in [1.29, 1.82) is 0 Å². The van der Waals surface area contributed by atoms with Gasteiger partial charge in [0.2, 0.25) is 0 Å². The third kappa shape index (κ3) is 5.94. The van der Waals surface area contributed by atoms with Crippen molar-refractivity contribution in [3.05, 3.63) is 53.1 Å². The first-order valence-corrected chi connectivity index (χ1v) is 10.7. The highest BCUT2D eigenvalue weighted by molar-refractivity contribution is 7.92. The normalized spacial score (nSPS) is 11.3. The first kappa shape index (κ1) is 21.2. The summed E-state index contributed by atoms with van der Waals surface area (Å²) in [6.45, 7) is 10.8. The number of hydrogen-bond acceptors (Lipinski definition) is 3. The molecule has 2 aromatic rings. The van der Waals surface area contributed by atoms with E-state index in [1.165, 1.54) is 0 Å². The lowest BCUT2D eigenvalue weighted by molar-refractivity contribution is 0.601. The summed E-state index contributed by atoms with van der Waals surface area (Å²) >= 11 is 5.23. The molecular formula is C20H27N3O2S2. The molecule has 5 nitrogen and oxygen atoms in total. The minimum atomic E-state index is -3.66. The second-order valence-electron chi connectivity index (χ2n) is 7.13. The van der Waals surface area contributed by atoms with E-state index in [1.807, 2.05) is 32.9 Å². The molecule has 0 heterocycles. The van der Waals surface area contributed by atoms with Gasteiger partial charge in [-0.05, 0) is 74.3 Å². The Kier molecular flexibility index (Phi) is 6.84. The summed E-state index contributed by atoms with van der Waals surface area (Å²) in [5.74, 6) is 0.483. The van der Waals surface area contributed by atoms with E-state index in [1.54, 1.807) is 24.3 Å². The van der Waals surface area contributed by atoms with Crippen LogP contribution in [0.1, 0.15) is 30.5 Å². The van der Waals surface area contributed by atoms with E-state index < -0.39 is 10.0 Å². The molecule has 0 unspecified atom stereocenters. The van der Waals surface area contributed by atoms with Crippen molar-refractivity contribution in [3.8, 4) is 0 Å². The van der Waals surface area contributed by atoms with Gasteiger partial charge in [0.15, 0.2) is 5.11 Å². The largest absolute Gasteiger partial charge is 0.362 e. The van der Waals surface area contributed by atoms with E-state index in [2.05, 4.69) is 29.2 Å². The zero-order valence-electron chi connectivity index (χ0n) is 16.4. The Morgan fingerprint density at radius 2 is 1.59 bits per heavy atom. The van der Waals surface area contributed by atoms with E-state index in [0.717, 1.165) is 28.9 Å². The van der Waals surface area contributed by atoms with Gasteiger partial charge < -0.3 is 10.6 Å². The molecule has 0 aliphatic heterocycles. The number of hydrogen-bond donors (Lipinski definition) is 3. The first-order chi connectivity index (χ1) is 12.6. The highest BCUT2D eigenvalue weighted by Crippen LogP contribution is 2.25. The quantitative estimate of drug-likeness (QED) is 0.623. The van der Waals surface area contributed by atoms with Gasteiger partial charge in [-0.15, -0.1) is 0 Å². The van der Waals surface area contributed by atoms with Crippen molar-refractivity contribution < 1.29 is 8.42 Å². The topological polar surface area (TPSA) is 70.2 Å². The third-order valence-corrected chi connectivity index (χ3v) is 5.62. The lowest BCUT2D eigenvalue weighted by Crippen LogP contribution is -2.31. The molecule has 0 spiro atoms. The molecule has 0 aromatic heterocycles. The van der Waals surface area contributed by atoms with Crippen LogP contribution in [-0.2, 0) is 10.0 Å². The van der Waals surface area contributed by atoms with Crippen LogP contribution in [0.5, 0.6) is 0 Å². The van der Waals surface area contributed by atoms with Gasteiger partial charge in [0, 0.05) is 12.2 Å². The van der Waals surface area contributed by atoms with E-state index in [4.69, 9.17) is 12.2 Å². The average molecular weight is 406 g/mol. The summed E-state index contributed by atoms with van der Waals surface area (Å²) in [5, 5.41) is 6.69. The lowest BCUT2D eigenvalue weighted by atomic mass is 10.1. The fourth-order valence-electron chi connectivity index (χ4n) is 2.72. The zero-order chi connectivity index (χ0) is 20.2. The predicted molar refractivity (Wildman–Crippen MR) is 117 cm³/mol. The lowest BCUT2D eigenvalue weighted by Gasteiger charge is -2.15. The predicted octanol–water partition coefficient (Wildman–Crippen LogP) is 4.36. The highest BCUT2D eigenvalue weighted by atomic mass is 32.2. The van der Waals surface area contributed by atoms with Crippen molar-refractivity contribution in [3.63, 3.8) is 0 Å². The Bertz CT molecular complexity index is 898. The molecule has 0 saturated heterocycles. The molecule has 2 aromatic carbocycles. The van der Waals surface area contributed by atoms with Crippen LogP contribution in [0.25, 0.3) is 0 Å². The van der Waals surface area contributed by atoms with Gasteiger partial charge in [0.1, 0.15) is 0 Å². The van der Waals surface area contributed by atoms with E-state index in [-0.39, 0.29) is 4.90 Å². The molecule has 0 aliphatic rings. The fraction of sp³-hybridized carbons (Fsp3) is 0.350. The molecule has 0 amide bonds. The minimum absolute atomic E-state index is 0.202. The smallest absolute Gasteiger partial charge is 0.261 e. The van der Waals surface area contributed by atoms with Crippen molar-refractivity contribution in [2.45, 2.75) is 39.5 Å². The Balaban J connectivity index is 2.13. The second-order valence-corrected chi connectivity index (χ2v) is 9.22. The Morgan fingerprint density at radius 3 is 2.11 bits per heavy atom. The monoisotopic (exact) mass is 405 g/mol. The van der Waals surface area contributed by atoms with E-state index >= 15 is 0 Å². The van der Waals surface area contributed by atoms with Crippen LogP contribution >= 0.6 is 12.2 Å². The first-order valence-electron chi connectivity index (χ1n) is 8.84. The van der Waals surface area contributed by atoms with Gasteiger partial charge >= 0.3 is 0 Å². The third-order valence-electron chi connectivity index (χ3n) is 4.01. The zero-order valence-corrected chi connectivity index (χ0v) is 18.0. The van der Waals surface area contributed by atoms with Crippen LogP contribution < -0.4 is 15.4 Å². The second kappa shape index (κ2) is 8.71. The van der Waals surface area contributed by atoms with Crippen LogP contribution in [0.4, 0.5) is 11.4 Å². The molecule has 0 saturated carbocycles. The summed E-state index contributed by atoms with van der Waals surface area (Å²) in [7, 11) is -3.66. The highest BCUT2D eigenvalue weighted by Gasteiger charge is 2.17. The number of thiocarbonyl (C=S) groups is 1. The summed E-state index contributed by atoms with van der Waals surface area (Å²) < 4.78 is 28.2. The maximum Gasteiger partial charge on any atom is 0.261 e. The van der Waals surface area contributed by atoms with E-state index in [0.29, 0.717) is 16.7 Å². The van der Waals surface area contributed by atoms with E-state index in [9.17, 15) is 8.42 Å². The Hall–Kier alpha value is -2.12. The van der Waals surface area contributed by atoms with Gasteiger partial charge in [-0.3, -0.25) is 4.72 Å². The SMILES string of the molecule is Cc1cc(C)c(NS(=O)(=O)c2ccc(NC(=S)NCC(C)C)cc2)c(C)c1. The van der Waals surface area contributed by atoms with Crippen molar-refractivity contribution in [2.75, 3.05) is 16.6 Å². The minimum Gasteiger partial charge on any atom is -0.362 e. The molecule has 0 atom stereocenters. The van der Waals surface area contributed by atoms with Crippen molar-refractivity contribution >= 4 is 38.7 Å². The molecular weight excluding hydrogens is 378 g/mol. The number of anilines is 2. The summed E-state index contributed by atoms with van der Waals surface area (Å²) in [5.41, 5.74) is 4.26. The molecule has 0 aliphatic carbocycles. The molecule has 2 rings (SSSR count). The van der Waals surface area contributed by atoms with Crippen LogP contribution in [0, 0.1) is 26.7 Å². The number of benzene rings is 2. The molecule has 0 bridgehead atoms. The maximum absolute atomic E-state index is 12.7. The van der Waals surface area contributed by atoms with Gasteiger partial charge in [0.25, 0.3) is 10.0 Å². The van der Waals surface area contributed by atoms with Gasteiger partial charge in [0.05, 0.1) is 10.6 Å². The van der Waals surface area contributed by atoms with Crippen LogP contribution in [0.3, 0.4) is 0 Å². The number of nitrogens with one attached hydrogen (secondary N) is 3. The van der Waals surface area contributed by atoms with Crippen molar-refractivity contribution in [2.24, 2.45) is 5.92 Å². The van der Waals surface area contributed by atoms with Crippen LogP contribution in [0.15, 0.2) is 41.3 Å². The summed E-state index contributed by atoms with van der Waals surface area (Å²) in [4.78, 5) is 0.202. The standard InChI is InChI=1S/C20H27N3O2S2/c1-13(2)12-21-20(26)22-17-6-8-18(9-7-17)27(24,25)23-19-15(4)10-14(3)11-16(19)5/h6-11,13,23H,12H2,1-5H3,(H2,21,22,26). The van der Waals surface area contributed by atoms with Crippen LogP contribution in [0.2, 0.25) is 0 Å². The molecule has 7 heteroatoms. The molecule has 0 radical (unpaired) electrons. The Labute approximate surface area is 167 Å². The van der Waals surface area contributed by atoms with Gasteiger partial charge in [-0.25, -0.2) is 8.42 Å². The fourth-order valence-corrected chi connectivity index (χ4v) is 4.13. The Morgan fingerprint density at radius 1 is 1.04 bits per heavy atom. The van der Waals surface area contributed by atoms with Gasteiger partial charge in [-0.2, -0.15) is 0 Å². The van der Waals surface area contributed by atoms with Crippen molar-refractivity contribution in [1.82, 2.24) is 5.32 Å². The maximum atomic E-state index is 12.7. The average Bonchev–Trinajstić information content (AvgIpc) is 2.57. The number of aryl methyl sites for hydroxylation is 3. The molecule has 27 heavy (non-hydrogen) atoms. The summed E-state index contributed by atoms with van der Waals surface area (Å²) in [6.07, 6.45) is 0. The molecule has 0 fully saturated rings. The number of rotatable bonds is 6. The van der Waals surface area contributed by atoms with Crippen LogP contribution in [-0.4, -0.2) is 20.1 Å². The number of sulfonamides is 1. The van der Waals surface area contributed by atoms with Gasteiger partial charge in [-0.1, -0.05) is 31.5 Å². The summed E-state index contributed by atoms with van der Waals surface area (Å²) in [6, 6.07) is 10.5. The molecule has 3 N–H and O–H groups in total.